The Labute approximate surface area is 95.4 Å². The molecule has 94 valence electrons. The van der Waals surface area contributed by atoms with E-state index in [0.717, 1.165) is 0 Å². The van der Waals surface area contributed by atoms with E-state index >= 15 is 0 Å². The first kappa shape index (κ1) is 13.4. The zero-order chi connectivity index (χ0) is 12.7. The fraction of sp³-hybridized carbons (Fsp3) is 0.400. The van der Waals surface area contributed by atoms with E-state index in [1.807, 2.05) is 0 Å². The van der Waals surface area contributed by atoms with Gasteiger partial charge in [-0.1, -0.05) is 0 Å². The quantitative estimate of drug-likeness (QED) is 0.570. The van der Waals surface area contributed by atoms with Crippen molar-refractivity contribution in [1.82, 2.24) is 4.98 Å². The van der Waals surface area contributed by atoms with Crippen molar-refractivity contribution in [2.24, 2.45) is 0 Å². The number of aromatic nitrogens is 1. The van der Waals surface area contributed by atoms with E-state index in [9.17, 15) is 18.0 Å². The Morgan fingerprint density at radius 1 is 1.35 bits per heavy atom. The van der Waals surface area contributed by atoms with Gasteiger partial charge in [-0.05, 0) is 12.1 Å². The number of rotatable bonds is 6. The van der Waals surface area contributed by atoms with Crippen LogP contribution in [0, 0.1) is 0 Å². The molecule has 1 heterocycles. The second-order valence-corrected chi connectivity index (χ2v) is 3.03. The van der Waals surface area contributed by atoms with Crippen molar-refractivity contribution in [3.63, 3.8) is 0 Å². The molecule has 17 heavy (non-hydrogen) atoms. The van der Waals surface area contributed by atoms with Crippen LogP contribution in [-0.2, 0) is 4.74 Å². The van der Waals surface area contributed by atoms with Gasteiger partial charge in [0.05, 0.1) is 12.2 Å². The van der Waals surface area contributed by atoms with Gasteiger partial charge in [-0.15, -0.1) is 0 Å². The average Bonchev–Trinajstić information content (AvgIpc) is 2.27. The Bertz CT molecular complexity index is 368. The molecule has 0 N–H and O–H groups in total. The maximum atomic E-state index is 11.7. The molecule has 1 aromatic rings. The smallest absolute Gasteiger partial charge is 0.411 e. The fourth-order valence-electron chi connectivity index (χ4n) is 0.999. The van der Waals surface area contributed by atoms with Crippen LogP contribution in [0.5, 0.6) is 5.88 Å². The molecule has 0 unspecified atom stereocenters. The van der Waals surface area contributed by atoms with Crippen LogP contribution in [0.1, 0.15) is 10.4 Å². The SMILES string of the molecule is O=Cc1cccnc1OCCOCC(F)(F)F. The third-order valence-electron chi connectivity index (χ3n) is 1.66. The lowest BCUT2D eigenvalue weighted by atomic mass is 10.3. The monoisotopic (exact) mass is 249 g/mol. The molecule has 0 atom stereocenters. The highest BCUT2D eigenvalue weighted by atomic mass is 19.4. The topological polar surface area (TPSA) is 48.4 Å². The van der Waals surface area contributed by atoms with Crippen LogP contribution in [0.4, 0.5) is 13.2 Å². The minimum absolute atomic E-state index is 0.0816. The summed E-state index contributed by atoms with van der Waals surface area (Å²) >= 11 is 0. The third kappa shape index (κ3) is 5.30. The van der Waals surface area contributed by atoms with Crippen molar-refractivity contribution >= 4 is 6.29 Å². The Kier molecular flexibility index (Phi) is 4.89. The van der Waals surface area contributed by atoms with E-state index in [0.29, 0.717) is 6.29 Å². The highest BCUT2D eigenvalue weighted by Gasteiger charge is 2.27. The molecule has 4 nitrogen and oxygen atoms in total. The minimum Gasteiger partial charge on any atom is -0.475 e. The molecule has 0 amide bonds. The van der Waals surface area contributed by atoms with Gasteiger partial charge in [-0.25, -0.2) is 4.98 Å². The molecular formula is C10H10F3NO3. The lowest BCUT2D eigenvalue weighted by molar-refractivity contribution is -0.175. The van der Waals surface area contributed by atoms with E-state index < -0.39 is 12.8 Å². The molecule has 0 fully saturated rings. The average molecular weight is 249 g/mol. The van der Waals surface area contributed by atoms with Crippen LogP contribution in [0.25, 0.3) is 0 Å². The largest absolute Gasteiger partial charge is 0.475 e. The lowest BCUT2D eigenvalue weighted by Crippen LogP contribution is -2.19. The molecule has 0 aromatic carbocycles. The third-order valence-corrected chi connectivity index (χ3v) is 1.66. The van der Waals surface area contributed by atoms with Crippen LogP contribution in [0.15, 0.2) is 18.3 Å². The number of carbonyl (C=O) groups is 1. The summed E-state index contributed by atoms with van der Waals surface area (Å²) in [5.74, 6) is 0.0816. The Hall–Kier alpha value is -1.63. The molecule has 1 aromatic heterocycles. The van der Waals surface area contributed by atoms with Gasteiger partial charge in [0.1, 0.15) is 13.2 Å². The summed E-state index contributed by atoms with van der Waals surface area (Å²) in [6.07, 6.45) is -2.38. The van der Waals surface area contributed by atoms with Gasteiger partial charge >= 0.3 is 6.18 Å². The number of alkyl halides is 3. The molecule has 0 aliphatic rings. The van der Waals surface area contributed by atoms with E-state index in [-0.39, 0.29) is 24.7 Å². The predicted molar refractivity (Wildman–Crippen MR) is 52.0 cm³/mol. The number of hydrogen-bond acceptors (Lipinski definition) is 4. The molecule has 0 radical (unpaired) electrons. The Morgan fingerprint density at radius 3 is 2.76 bits per heavy atom. The zero-order valence-corrected chi connectivity index (χ0v) is 8.74. The van der Waals surface area contributed by atoms with E-state index in [1.54, 1.807) is 6.07 Å². The van der Waals surface area contributed by atoms with Gasteiger partial charge < -0.3 is 9.47 Å². The lowest BCUT2D eigenvalue weighted by Gasteiger charge is -2.09. The highest BCUT2D eigenvalue weighted by molar-refractivity contribution is 5.77. The summed E-state index contributed by atoms with van der Waals surface area (Å²) in [6, 6.07) is 3.04. The summed E-state index contributed by atoms with van der Waals surface area (Å²) < 4.78 is 44.4. The van der Waals surface area contributed by atoms with E-state index in [4.69, 9.17) is 4.74 Å². The maximum Gasteiger partial charge on any atom is 0.411 e. The highest BCUT2D eigenvalue weighted by Crippen LogP contribution is 2.14. The zero-order valence-electron chi connectivity index (χ0n) is 8.74. The summed E-state index contributed by atoms with van der Waals surface area (Å²) in [5, 5.41) is 0. The van der Waals surface area contributed by atoms with Crippen LogP contribution in [0.2, 0.25) is 0 Å². The first-order valence-electron chi connectivity index (χ1n) is 4.70. The standard InChI is InChI=1S/C10H10F3NO3/c11-10(12,13)7-16-4-5-17-9-8(6-15)2-1-3-14-9/h1-3,6H,4-5,7H2. The first-order valence-corrected chi connectivity index (χ1v) is 4.70. The van der Waals surface area contributed by atoms with Crippen molar-refractivity contribution in [2.45, 2.75) is 6.18 Å². The number of carbonyl (C=O) groups excluding carboxylic acids is 1. The number of aldehydes is 1. The molecule has 1 rings (SSSR count). The van der Waals surface area contributed by atoms with Gasteiger partial charge in [0.25, 0.3) is 0 Å². The molecule has 0 spiro atoms. The Morgan fingerprint density at radius 2 is 2.12 bits per heavy atom. The second-order valence-electron chi connectivity index (χ2n) is 3.03. The van der Waals surface area contributed by atoms with Crippen molar-refractivity contribution in [3.05, 3.63) is 23.9 Å². The maximum absolute atomic E-state index is 11.7. The van der Waals surface area contributed by atoms with E-state index in [1.165, 1.54) is 12.3 Å². The predicted octanol–water partition coefficient (Wildman–Crippen LogP) is 1.85. The summed E-state index contributed by atoms with van der Waals surface area (Å²) in [6.45, 7) is -1.65. The molecule has 7 heteroatoms. The number of hydrogen-bond donors (Lipinski definition) is 0. The number of ether oxygens (including phenoxy) is 2. The summed E-state index contributed by atoms with van der Waals surface area (Å²) in [7, 11) is 0. The number of halogens is 3. The second kappa shape index (κ2) is 6.19. The van der Waals surface area contributed by atoms with Crippen LogP contribution >= 0.6 is 0 Å². The molecule has 0 saturated carbocycles. The van der Waals surface area contributed by atoms with E-state index in [2.05, 4.69) is 9.72 Å². The van der Waals surface area contributed by atoms with Crippen molar-refractivity contribution in [1.29, 1.82) is 0 Å². The van der Waals surface area contributed by atoms with Crippen molar-refractivity contribution < 1.29 is 27.4 Å². The molecule has 0 aliphatic carbocycles. The van der Waals surface area contributed by atoms with Crippen molar-refractivity contribution in [3.8, 4) is 5.88 Å². The molecule has 0 saturated heterocycles. The van der Waals surface area contributed by atoms with Crippen LogP contribution in [0.3, 0.4) is 0 Å². The van der Waals surface area contributed by atoms with Gasteiger partial charge in [0.2, 0.25) is 5.88 Å². The van der Waals surface area contributed by atoms with Gasteiger partial charge in [0.15, 0.2) is 6.29 Å². The van der Waals surface area contributed by atoms with Crippen molar-refractivity contribution in [2.75, 3.05) is 19.8 Å². The Balaban J connectivity index is 2.29. The number of nitrogens with zero attached hydrogens (tertiary/aromatic N) is 1. The summed E-state index contributed by atoms with van der Waals surface area (Å²) in [5.41, 5.74) is 0.239. The van der Waals surface area contributed by atoms with Crippen LogP contribution in [-0.4, -0.2) is 37.3 Å². The van der Waals surface area contributed by atoms with Gasteiger partial charge in [-0.3, -0.25) is 4.79 Å². The molecular weight excluding hydrogens is 239 g/mol. The van der Waals surface area contributed by atoms with Gasteiger partial charge in [-0.2, -0.15) is 13.2 Å². The number of pyridine rings is 1. The molecule has 0 aliphatic heterocycles. The van der Waals surface area contributed by atoms with Crippen LogP contribution < -0.4 is 4.74 Å². The molecule has 0 bridgehead atoms. The summed E-state index contributed by atoms with van der Waals surface area (Å²) in [4.78, 5) is 14.3. The minimum atomic E-state index is -4.35. The normalized spacial score (nSPS) is 11.2. The first-order chi connectivity index (χ1) is 8.03. The fourth-order valence-corrected chi connectivity index (χ4v) is 0.999. The van der Waals surface area contributed by atoms with Gasteiger partial charge in [0, 0.05) is 6.20 Å².